The van der Waals surface area contributed by atoms with Gasteiger partial charge in [0.05, 0.1) is 0 Å². The Morgan fingerprint density at radius 1 is 0.595 bits per heavy atom. The van der Waals surface area contributed by atoms with Crippen LogP contribution in [0.25, 0.3) is 0 Å². The zero-order valence-electron chi connectivity index (χ0n) is 17.9. The fraction of sp³-hybridized carbons (Fsp3) is 0.200. The molecule has 192 valence electrons. The van der Waals surface area contributed by atoms with E-state index in [0.717, 1.165) is 0 Å². The van der Waals surface area contributed by atoms with E-state index in [2.05, 4.69) is 0 Å². The number of alkyl halides is 4. The molecule has 0 bridgehead atoms. The second-order valence-electron chi connectivity index (χ2n) is 7.40. The molecule has 0 saturated heterocycles. The first kappa shape index (κ1) is 32.8. The fourth-order valence-corrected chi connectivity index (χ4v) is 6.36. The summed E-state index contributed by atoms with van der Waals surface area (Å²) < 4.78 is 60.9. The first-order valence-electron chi connectivity index (χ1n) is 9.35. The zero-order chi connectivity index (χ0) is 27.4. The van der Waals surface area contributed by atoms with E-state index in [-0.39, 0.29) is 67.7 Å². The number of ketones is 4. The van der Waals surface area contributed by atoms with Crippen LogP contribution in [-0.4, -0.2) is 114 Å². The number of benzene rings is 2. The fourth-order valence-electron chi connectivity index (χ4n) is 3.48. The summed E-state index contributed by atoms with van der Waals surface area (Å²) in [5.74, 6) is -4.06. The third-order valence-electron chi connectivity index (χ3n) is 5.33. The van der Waals surface area contributed by atoms with Crippen LogP contribution in [-0.2, 0) is 20.2 Å². The minimum Gasteiger partial charge on any atom is -0.746 e. The topological polar surface area (TPSA) is 183 Å². The molecule has 0 radical (unpaired) electrons. The van der Waals surface area contributed by atoms with Gasteiger partial charge in [-0.3, -0.25) is 19.2 Å². The molecule has 10 nitrogen and oxygen atoms in total. The van der Waals surface area contributed by atoms with Gasteiger partial charge in [-0.2, -0.15) is 0 Å². The summed E-state index contributed by atoms with van der Waals surface area (Å²) in [5, 5.41) is -3.88. The van der Waals surface area contributed by atoms with E-state index in [9.17, 15) is 45.1 Å². The molecule has 4 atom stereocenters. The Morgan fingerprint density at radius 2 is 0.838 bits per heavy atom. The van der Waals surface area contributed by atoms with Crippen molar-refractivity contribution in [1.29, 1.82) is 0 Å². The molecule has 0 aliphatic heterocycles. The Labute approximate surface area is 267 Å². The maximum Gasteiger partial charge on any atom is 2.00 e. The van der Waals surface area contributed by atoms with Crippen LogP contribution in [0.1, 0.15) is 41.4 Å². The molecule has 0 fully saturated rings. The van der Waals surface area contributed by atoms with Gasteiger partial charge in [0, 0.05) is 22.3 Å². The van der Waals surface area contributed by atoms with Crippen molar-refractivity contribution >= 4 is 135 Å². The molecular weight excluding hydrogens is 694 g/mol. The van der Waals surface area contributed by atoms with Crippen molar-refractivity contribution in [3.63, 3.8) is 0 Å². The van der Waals surface area contributed by atoms with Crippen molar-refractivity contribution in [2.24, 2.45) is 0 Å². The Bertz CT molecular complexity index is 1430. The number of halogens is 4. The van der Waals surface area contributed by atoms with Gasteiger partial charge in [-0.15, -0.1) is 23.2 Å². The van der Waals surface area contributed by atoms with Crippen molar-refractivity contribution in [2.75, 3.05) is 0 Å². The summed E-state index contributed by atoms with van der Waals surface area (Å²) in [5.41, 5.74) is -0.507. The summed E-state index contributed by atoms with van der Waals surface area (Å²) in [6.07, 6.45) is 0. The molecule has 2 aliphatic carbocycles. The number of fused-ring (bicyclic) bond motifs is 2. The van der Waals surface area contributed by atoms with Crippen molar-refractivity contribution in [3.05, 3.63) is 70.8 Å². The van der Waals surface area contributed by atoms with Crippen LogP contribution in [0, 0.1) is 0 Å². The summed E-state index contributed by atoms with van der Waals surface area (Å²) in [6.45, 7) is 0. The second kappa shape index (κ2) is 11.2. The molecule has 2 aromatic carbocycles. The maximum atomic E-state index is 12.0. The molecule has 17 heteroatoms. The first-order valence-corrected chi connectivity index (χ1v) is 13.8. The third-order valence-corrected chi connectivity index (χ3v) is 11.1. The van der Waals surface area contributed by atoms with Crippen LogP contribution in [0.4, 0.5) is 0 Å². The van der Waals surface area contributed by atoms with Crippen molar-refractivity contribution in [3.8, 4) is 0 Å². The molecule has 0 spiro atoms. The summed E-state index contributed by atoms with van der Waals surface area (Å²) >= 11 is 22.3. The number of carbonyl (C=O) groups is 4. The van der Waals surface area contributed by atoms with E-state index >= 15 is 0 Å². The summed E-state index contributed by atoms with van der Waals surface area (Å²) in [4.78, 5) is 47.7. The van der Waals surface area contributed by atoms with E-state index in [1.807, 2.05) is 0 Å². The largest absolute Gasteiger partial charge is 2.00 e. The average Bonchev–Trinajstić information content (AvgIpc) is 2.82. The second-order valence-corrected chi connectivity index (χ2v) is 13.0. The van der Waals surface area contributed by atoms with Crippen LogP contribution >= 0.6 is 46.4 Å². The van der Waals surface area contributed by atoms with E-state index < -0.39 is 62.5 Å². The van der Waals surface area contributed by atoms with E-state index in [1.165, 1.54) is 48.5 Å². The summed E-state index contributed by atoms with van der Waals surface area (Å²) in [7, 11) is -10.6. The average molecular weight is 704 g/mol. The van der Waals surface area contributed by atoms with Crippen LogP contribution in [0.5, 0.6) is 0 Å². The van der Waals surface area contributed by atoms with Gasteiger partial charge in [0.1, 0.15) is 31.0 Å². The Balaban J connectivity index is 0.000000253. The maximum absolute atomic E-state index is 12.0. The Kier molecular flexibility index (Phi) is 9.94. The van der Waals surface area contributed by atoms with Gasteiger partial charge in [0.25, 0.3) is 0 Å². The molecule has 4 unspecified atom stereocenters. The Morgan fingerprint density at radius 3 is 1.08 bits per heavy atom. The zero-order valence-corrected chi connectivity index (χ0v) is 26.0. The minimum atomic E-state index is -5.29. The van der Waals surface area contributed by atoms with Crippen molar-refractivity contribution in [2.45, 2.75) is 19.2 Å². The van der Waals surface area contributed by atoms with E-state index in [0.29, 0.717) is 0 Å². The molecule has 2 aliphatic rings. The molecule has 0 N–H and O–H groups in total. The van der Waals surface area contributed by atoms with Gasteiger partial charge in [-0.25, -0.2) is 16.8 Å². The number of hydrogen-bond acceptors (Lipinski definition) is 10. The van der Waals surface area contributed by atoms with Crippen LogP contribution in [0.2, 0.25) is 0 Å². The molecule has 0 heterocycles. The SMILES string of the molecule is O=C1c2ccccc2C(=O)C(Cl)(S(=O)(=O)[O-])C1Cl.O=C1c2ccccc2C(=O)C(Cl)(S(=O)(=O)[O-])C1Cl.[Sr+2]. The molecular formula is C20H10Cl4O10S2Sr. The number of carbonyl (C=O) groups excluding carboxylic acids is 4. The monoisotopic (exact) mass is 702 g/mol. The van der Waals surface area contributed by atoms with E-state index in [4.69, 9.17) is 46.4 Å². The number of Topliss-reactive ketones (excluding diaryl/α,β-unsaturated/α-hetero) is 4. The van der Waals surface area contributed by atoms with E-state index in [1.54, 1.807) is 0 Å². The van der Waals surface area contributed by atoms with Crippen LogP contribution in [0.15, 0.2) is 48.5 Å². The summed E-state index contributed by atoms with van der Waals surface area (Å²) in [6, 6.07) is 10.9. The number of rotatable bonds is 2. The normalized spacial score (nSPS) is 27.3. The molecule has 0 aromatic heterocycles. The van der Waals surface area contributed by atoms with Crippen molar-refractivity contribution < 1.29 is 45.1 Å². The van der Waals surface area contributed by atoms with Gasteiger partial charge in [0.15, 0.2) is 11.6 Å². The Hall–Kier alpha value is -0.419. The van der Waals surface area contributed by atoms with Gasteiger partial charge in [-0.1, -0.05) is 71.7 Å². The minimum absolute atomic E-state index is 0. The quantitative estimate of drug-likeness (QED) is 0.255. The van der Waals surface area contributed by atoms with Gasteiger partial charge in [0.2, 0.25) is 20.0 Å². The molecule has 37 heavy (non-hydrogen) atoms. The number of hydrogen-bond donors (Lipinski definition) is 0. The third kappa shape index (κ3) is 5.23. The molecule has 0 saturated carbocycles. The molecule has 2 aromatic rings. The molecule has 4 rings (SSSR count). The first-order chi connectivity index (χ1) is 16.4. The van der Waals surface area contributed by atoms with Crippen LogP contribution < -0.4 is 0 Å². The molecule has 0 amide bonds. The smallest absolute Gasteiger partial charge is 0.746 e. The standard InChI is InChI=1S/2C10H6Cl2O5S.Sr/c2*11-8-7(13)5-3-1-2-4-6(5)9(14)10(8,12)18(15,16)17;/h2*1-4,8H,(H,15,16,17);/q;;+2/p-2. The van der Waals surface area contributed by atoms with Crippen molar-refractivity contribution in [1.82, 2.24) is 0 Å². The van der Waals surface area contributed by atoms with Gasteiger partial charge < -0.3 is 9.11 Å². The van der Waals surface area contributed by atoms with Gasteiger partial charge in [-0.05, 0) is 0 Å². The predicted molar refractivity (Wildman–Crippen MR) is 132 cm³/mol. The van der Waals surface area contributed by atoms with Gasteiger partial charge >= 0.3 is 45.5 Å². The van der Waals surface area contributed by atoms with Crippen LogP contribution in [0.3, 0.4) is 0 Å². The predicted octanol–water partition coefficient (Wildman–Crippen LogP) is 1.93.